The van der Waals surface area contributed by atoms with Crippen LogP contribution >= 0.6 is 11.3 Å². The van der Waals surface area contributed by atoms with Crippen LogP contribution in [0.1, 0.15) is 25.7 Å². The van der Waals surface area contributed by atoms with Gasteiger partial charge < -0.3 is 4.74 Å². The van der Waals surface area contributed by atoms with Crippen molar-refractivity contribution in [3.8, 4) is 0 Å². The summed E-state index contributed by atoms with van der Waals surface area (Å²) in [4.78, 5) is 38.1. The maximum absolute atomic E-state index is 11.9. The van der Waals surface area contributed by atoms with Crippen molar-refractivity contribution in [3.63, 3.8) is 0 Å². The number of ether oxygens (including phenoxy) is 1. The number of nitro benzene ring substituents is 1. The molecule has 24 heavy (non-hydrogen) atoms. The molecule has 8 nitrogen and oxygen atoms in total. The number of rotatable bonds is 5. The Kier molecular flexibility index (Phi) is 4.70. The molecule has 1 fully saturated rings. The number of nitrogens with zero attached hydrogens (tertiary/aromatic N) is 2. The van der Waals surface area contributed by atoms with Crippen LogP contribution in [0.2, 0.25) is 0 Å². The van der Waals surface area contributed by atoms with Gasteiger partial charge in [0.05, 0.1) is 21.1 Å². The number of carbonyl (C=O) groups is 2. The van der Waals surface area contributed by atoms with E-state index in [1.54, 1.807) is 0 Å². The number of carbonyl (C=O) groups excluding carboxylic acids is 2. The van der Waals surface area contributed by atoms with Crippen molar-refractivity contribution in [1.82, 2.24) is 4.98 Å². The van der Waals surface area contributed by atoms with Crippen LogP contribution in [0.25, 0.3) is 10.2 Å². The van der Waals surface area contributed by atoms with E-state index in [2.05, 4.69) is 10.3 Å². The van der Waals surface area contributed by atoms with E-state index >= 15 is 0 Å². The van der Waals surface area contributed by atoms with Crippen molar-refractivity contribution in [3.05, 3.63) is 28.3 Å². The van der Waals surface area contributed by atoms with Gasteiger partial charge in [-0.2, -0.15) is 0 Å². The van der Waals surface area contributed by atoms with Gasteiger partial charge in [-0.3, -0.25) is 25.0 Å². The number of nitro groups is 1. The summed E-state index contributed by atoms with van der Waals surface area (Å²) >= 11 is 1.13. The SMILES string of the molecule is O=C(COC(=O)C1CCCC1)Nc1nc2ccc([N+](=O)[O-])cc2s1. The predicted octanol–water partition coefficient (Wildman–Crippen LogP) is 2.88. The van der Waals surface area contributed by atoms with Gasteiger partial charge in [0, 0.05) is 12.1 Å². The molecule has 0 spiro atoms. The van der Waals surface area contributed by atoms with Crippen molar-refractivity contribution >= 4 is 44.2 Å². The highest BCUT2D eigenvalue weighted by Gasteiger charge is 2.24. The first-order valence-electron chi connectivity index (χ1n) is 7.54. The van der Waals surface area contributed by atoms with Crippen molar-refractivity contribution in [1.29, 1.82) is 0 Å². The number of anilines is 1. The van der Waals surface area contributed by atoms with E-state index in [1.807, 2.05) is 0 Å². The third kappa shape index (κ3) is 3.67. The molecule has 1 N–H and O–H groups in total. The van der Waals surface area contributed by atoms with Gasteiger partial charge in [0.2, 0.25) is 0 Å². The van der Waals surface area contributed by atoms with Crippen molar-refractivity contribution in [2.24, 2.45) is 5.92 Å². The lowest BCUT2D eigenvalue weighted by Gasteiger charge is -2.08. The first kappa shape index (κ1) is 16.3. The Labute approximate surface area is 141 Å². The number of aromatic nitrogens is 1. The number of esters is 1. The summed E-state index contributed by atoms with van der Waals surface area (Å²) in [6.45, 7) is -0.356. The number of fused-ring (bicyclic) bond motifs is 1. The standard InChI is InChI=1S/C15H15N3O5S/c19-13(8-23-14(20)9-3-1-2-4-9)17-15-16-11-6-5-10(18(21)22)7-12(11)24-15/h5-7,9H,1-4,8H2,(H,16,17,19). The highest BCUT2D eigenvalue weighted by atomic mass is 32.1. The van der Waals surface area contributed by atoms with Crippen LogP contribution in [0.4, 0.5) is 10.8 Å². The van der Waals surface area contributed by atoms with E-state index in [0.717, 1.165) is 37.0 Å². The Morgan fingerprint density at radius 3 is 2.83 bits per heavy atom. The minimum absolute atomic E-state index is 0.0329. The molecule has 0 saturated heterocycles. The van der Waals surface area contributed by atoms with Crippen LogP contribution in [0.5, 0.6) is 0 Å². The highest BCUT2D eigenvalue weighted by Crippen LogP contribution is 2.29. The van der Waals surface area contributed by atoms with E-state index in [9.17, 15) is 19.7 Å². The molecule has 3 rings (SSSR count). The number of nitrogens with one attached hydrogen (secondary N) is 1. The topological polar surface area (TPSA) is 111 Å². The van der Waals surface area contributed by atoms with Crippen molar-refractivity contribution in [2.45, 2.75) is 25.7 Å². The summed E-state index contributed by atoms with van der Waals surface area (Å²) in [7, 11) is 0. The zero-order chi connectivity index (χ0) is 17.1. The molecule has 0 unspecified atom stereocenters. The molecule has 1 aromatic carbocycles. The smallest absolute Gasteiger partial charge is 0.309 e. The Balaban J connectivity index is 1.58. The maximum Gasteiger partial charge on any atom is 0.309 e. The van der Waals surface area contributed by atoms with Gasteiger partial charge in [0.15, 0.2) is 11.7 Å². The van der Waals surface area contributed by atoms with Crippen LogP contribution in [-0.2, 0) is 14.3 Å². The van der Waals surface area contributed by atoms with Crippen molar-refractivity contribution in [2.75, 3.05) is 11.9 Å². The molecule has 1 saturated carbocycles. The summed E-state index contributed by atoms with van der Waals surface area (Å²) in [6.07, 6.45) is 3.67. The zero-order valence-corrected chi connectivity index (χ0v) is 13.5. The Morgan fingerprint density at radius 2 is 2.12 bits per heavy atom. The molecule has 1 heterocycles. The minimum atomic E-state index is -0.486. The fourth-order valence-electron chi connectivity index (χ4n) is 2.65. The number of benzene rings is 1. The summed E-state index contributed by atoms with van der Waals surface area (Å²) in [5.74, 6) is -0.904. The third-order valence-corrected chi connectivity index (χ3v) is 4.80. The molecule has 2 aromatic rings. The molecule has 126 valence electrons. The zero-order valence-electron chi connectivity index (χ0n) is 12.7. The molecule has 1 amide bonds. The molecule has 0 atom stereocenters. The first-order valence-corrected chi connectivity index (χ1v) is 8.36. The fourth-order valence-corrected chi connectivity index (χ4v) is 3.57. The lowest BCUT2D eigenvalue weighted by Crippen LogP contribution is -2.23. The number of hydrogen-bond acceptors (Lipinski definition) is 7. The lowest BCUT2D eigenvalue weighted by atomic mass is 10.1. The van der Waals surface area contributed by atoms with Crippen LogP contribution in [-0.4, -0.2) is 28.4 Å². The van der Waals surface area contributed by atoms with E-state index in [0.29, 0.717) is 15.3 Å². The van der Waals surface area contributed by atoms with Crippen LogP contribution in [0.3, 0.4) is 0 Å². The average Bonchev–Trinajstić information content (AvgIpc) is 3.20. The van der Waals surface area contributed by atoms with Gasteiger partial charge in [-0.05, 0) is 18.9 Å². The predicted molar refractivity (Wildman–Crippen MR) is 87.8 cm³/mol. The Bertz CT molecular complexity index is 798. The second-order valence-corrected chi connectivity index (χ2v) is 6.60. The van der Waals surface area contributed by atoms with Crippen molar-refractivity contribution < 1.29 is 19.2 Å². The van der Waals surface area contributed by atoms with Gasteiger partial charge in [-0.25, -0.2) is 4.98 Å². The number of amides is 1. The monoisotopic (exact) mass is 349 g/mol. The highest BCUT2D eigenvalue weighted by molar-refractivity contribution is 7.22. The largest absolute Gasteiger partial charge is 0.455 e. The van der Waals surface area contributed by atoms with Crippen LogP contribution < -0.4 is 5.32 Å². The number of hydrogen-bond donors (Lipinski definition) is 1. The van der Waals surface area contributed by atoms with Gasteiger partial charge in [0.1, 0.15) is 0 Å². The van der Waals surface area contributed by atoms with Gasteiger partial charge in [0.25, 0.3) is 11.6 Å². The van der Waals surface area contributed by atoms with Gasteiger partial charge >= 0.3 is 5.97 Å². The summed E-state index contributed by atoms with van der Waals surface area (Å²) in [5, 5.41) is 13.6. The minimum Gasteiger partial charge on any atom is -0.455 e. The average molecular weight is 349 g/mol. The van der Waals surface area contributed by atoms with Crippen LogP contribution in [0.15, 0.2) is 18.2 Å². The Morgan fingerprint density at radius 1 is 1.38 bits per heavy atom. The van der Waals surface area contributed by atoms with Gasteiger partial charge in [-0.15, -0.1) is 0 Å². The molecule has 0 radical (unpaired) electrons. The third-order valence-electron chi connectivity index (χ3n) is 3.86. The van der Waals surface area contributed by atoms with E-state index in [-0.39, 0.29) is 24.2 Å². The summed E-state index contributed by atoms with van der Waals surface area (Å²) < 4.78 is 5.62. The molecule has 0 aliphatic heterocycles. The molecule has 1 aliphatic carbocycles. The molecule has 1 aliphatic rings. The van der Waals surface area contributed by atoms with Gasteiger partial charge in [-0.1, -0.05) is 24.2 Å². The molecular formula is C15H15N3O5S. The first-order chi connectivity index (χ1) is 11.5. The van der Waals surface area contributed by atoms with E-state index < -0.39 is 10.8 Å². The Hall–Kier alpha value is -2.55. The molecule has 0 bridgehead atoms. The van der Waals surface area contributed by atoms with E-state index in [1.165, 1.54) is 18.2 Å². The number of non-ortho nitro benzene ring substituents is 1. The summed E-state index contributed by atoms with van der Waals surface area (Å²) in [5.41, 5.74) is 0.526. The summed E-state index contributed by atoms with van der Waals surface area (Å²) in [6, 6.07) is 4.29. The molecule has 1 aromatic heterocycles. The normalized spacial score (nSPS) is 14.7. The molecular weight excluding hydrogens is 334 g/mol. The second-order valence-electron chi connectivity index (χ2n) is 5.57. The van der Waals surface area contributed by atoms with Crippen LogP contribution in [0, 0.1) is 16.0 Å². The molecule has 9 heteroatoms. The maximum atomic E-state index is 11.9. The quantitative estimate of drug-likeness (QED) is 0.505. The fraction of sp³-hybridized carbons (Fsp3) is 0.400. The second kappa shape index (κ2) is 6.91. The number of thiazole rings is 1. The van der Waals surface area contributed by atoms with E-state index in [4.69, 9.17) is 4.74 Å². The lowest BCUT2D eigenvalue weighted by molar-refractivity contribution is -0.384.